The molecule has 0 unspecified atom stereocenters. The zero-order chi connectivity index (χ0) is 24.8. The van der Waals surface area contributed by atoms with Crippen LogP contribution in [-0.4, -0.2) is 52.9 Å². The molecule has 4 rings (SSSR count). The van der Waals surface area contributed by atoms with E-state index in [4.69, 9.17) is 0 Å². The molecule has 0 fully saturated rings. The molecule has 1 heterocycles. The fraction of sp³-hybridized carbons (Fsp3) is 0.321. The summed E-state index contributed by atoms with van der Waals surface area (Å²) in [5, 5.41) is 20.4. The van der Waals surface area contributed by atoms with Gasteiger partial charge < -0.3 is 15.1 Å². The van der Waals surface area contributed by atoms with Gasteiger partial charge in [-0.25, -0.2) is 4.79 Å². The number of anilines is 1. The molecule has 0 atom stereocenters. The third kappa shape index (κ3) is 3.73. The van der Waals surface area contributed by atoms with Gasteiger partial charge in [0.15, 0.2) is 5.71 Å². The van der Waals surface area contributed by atoms with Gasteiger partial charge in [-0.05, 0) is 43.7 Å². The van der Waals surface area contributed by atoms with Crippen molar-refractivity contribution in [1.29, 1.82) is 0 Å². The van der Waals surface area contributed by atoms with Gasteiger partial charge in [0, 0.05) is 43.9 Å². The number of carboxylic acids is 1. The van der Waals surface area contributed by atoms with Gasteiger partial charge in [-0.2, -0.15) is 4.58 Å². The third-order valence-corrected chi connectivity index (χ3v) is 6.79. The first-order valence-corrected chi connectivity index (χ1v) is 11.6. The number of carboxylic acid groups (broad SMARTS) is 1. The van der Waals surface area contributed by atoms with E-state index in [-0.39, 0.29) is 17.1 Å². The molecule has 0 radical (unpaired) electrons. The van der Waals surface area contributed by atoms with Gasteiger partial charge >= 0.3 is 5.97 Å². The molecule has 0 spiro atoms. The highest BCUT2D eigenvalue weighted by molar-refractivity contribution is 6.40. The van der Waals surface area contributed by atoms with E-state index in [9.17, 15) is 19.8 Å². The summed E-state index contributed by atoms with van der Waals surface area (Å²) in [5.74, 6) is -1.15. The number of unbranched alkanes of at least 4 members (excludes halogenated alkanes) is 1. The molecule has 0 saturated heterocycles. The number of Topliss-reactive ketones (excluding diaryl/α,β-unsaturated/α-hetero) is 1. The zero-order valence-corrected chi connectivity index (χ0v) is 20.3. The molecular formula is C28H31N2O4+. The second-order valence-corrected chi connectivity index (χ2v) is 9.60. The Morgan fingerprint density at radius 1 is 1.12 bits per heavy atom. The third-order valence-electron chi connectivity index (χ3n) is 6.79. The van der Waals surface area contributed by atoms with E-state index in [1.54, 1.807) is 18.2 Å². The molecule has 2 aromatic rings. The Morgan fingerprint density at radius 2 is 1.79 bits per heavy atom. The van der Waals surface area contributed by atoms with Crippen LogP contribution >= 0.6 is 0 Å². The maximum Gasteiger partial charge on any atom is 0.335 e. The van der Waals surface area contributed by atoms with Crippen molar-refractivity contribution in [2.45, 2.75) is 39.0 Å². The molecule has 0 bridgehead atoms. The first kappa shape index (κ1) is 23.5. The smallest absolute Gasteiger partial charge is 0.335 e. The Kier molecular flexibility index (Phi) is 5.94. The maximum atomic E-state index is 13.1. The van der Waals surface area contributed by atoms with Crippen LogP contribution in [0.2, 0.25) is 0 Å². The summed E-state index contributed by atoms with van der Waals surface area (Å²) in [4.78, 5) is 26.7. The highest BCUT2D eigenvalue weighted by atomic mass is 16.4. The number of hydrogen-bond donors (Lipinski definition) is 2. The van der Waals surface area contributed by atoms with Crippen molar-refractivity contribution in [1.82, 2.24) is 0 Å². The van der Waals surface area contributed by atoms with Crippen LogP contribution in [0.3, 0.4) is 0 Å². The predicted octanol–water partition coefficient (Wildman–Crippen LogP) is 5.11. The Labute approximate surface area is 200 Å². The molecule has 176 valence electrons. The SMILES string of the molecule is CCCC[N+]1=C(C=C2C(=O)C(c3ccc(N(C)C)cc3)=C2O)C(C)(C)c2cc(C(=O)O)ccc21. The highest BCUT2D eigenvalue weighted by Crippen LogP contribution is 2.43. The molecule has 34 heavy (non-hydrogen) atoms. The molecule has 2 N–H and O–H groups in total. The molecule has 6 heteroatoms. The largest absolute Gasteiger partial charge is 0.506 e. The van der Waals surface area contributed by atoms with Gasteiger partial charge in [-0.15, -0.1) is 0 Å². The number of hydrogen-bond acceptors (Lipinski definition) is 4. The molecule has 6 nitrogen and oxygen atoms in total. The summed E-state index contributed by atoms with van der Waals surface area (Å²) in [7, 11) is 3.90. The minimum absolute atomic E-state index is 0.00326. The van der Waals surface area contributed by atoms with Crippen molar-refractivity contribution in [2.24, 2.45) is 0 Å². The van der Waals surface area contributed by atoms with Gasteiger partial charge in [0.1, 0.15) is 12.3 Å². The van der Waals surface area contributed by atoms with Crippen molar-refractivity contribution in [3.8, 4) is 0 Å². The number of nitrogens with zero attached hydrogens (tertiary/aromatic N) is 2. The van der Waals surface area contributed by atoms with E-state index in [0.29, 0.717) is 16.7 Å². The molecule has 0 saturated carbocycles. The van der Waals surface area contributed by atoms with E-state index < -0.39 is 11.4 Å². The number of ketones is 1. The lowest BCUT2D eigenvalue weighted by Gasteiger charge is -2.23. The summed E-state index contributed by atoms with van der Waals surface area (Å²) in [6.07, 6.45) is 3.73. The van der Waals surface area contributed by atoms with Crippen molar-refractivity contribution in [3.63, 3.8) is 0 Å². The minimum atomic E-state index is -0.967. The van der Waals surface area contributed by atoms with Crippen LogP contribution in [0.15, 0.2) is 59.9 Å². The van der Waals surface area contributed by atoms with Crippen LogP contribution in [0, 0.1) is 0 Å². The summed E-state index contributed by atoms with van der Waals surface area (Å²) in [6.45, 7) is 6.92. The normalized spacial score (nSPS) is 17.8. The molecule has 1 aliphatic heterocycles. The fourth-order valence-electron chi connectivity index (χ4n) is 4.71. The van der Waals surface area contributed by atoms with Crippen LogP contribution in [0.25, 0.3) is 5.57 Å². The average Bonchev–Trinajstić information content (AvgIpc) is 3.01. The van der Waals surface area contributed by atoms with Crippen LogP contribution in [0.4, 0.5) is 11.4 Å². The van der Waals surface area contributed by atoms with E-state index in [1.807, 2.05) is 63.2 Å². The monoisotopic (exact) mass is 459 g/mol. The first-order chi connectivity index (χ1) is 16.1. The number of carbonyl (C=O) groups is 2. The topological polar surface area (TPSA) is 80.8 Å². The number of allylic oxidation sites excluding steroid dienone is 3. The lowest BCUT2D eigenvalue weighted by atomic mass is 9.77. The van der Waals surface area contributed by atoms with E-state index >= 15 is 0 Å². The lowest BCUT2D eigenvalue weighted by Crippen LogP contribution is -2.31. The number of carbonyl (C=O) groups excluding carboxylic acids is 1. The van der Waals surface area contributed by atoms with Crippen LogP contribution in [0.5, 0.6) is 0 Å². The number of aliphatic hydroxyl groups excluding tert-OH is 1. The van der Waals surface area contributed by atoms with Gasteiger partial charge in [0.25, 0.3) is 0 Å². The average molecular weight is 460 g/mol. The van der Waals surface area contributed by atoms with Gasteiger partial charge in [-0.3, -0.25) is 4.79 Å². The summed E-state index contributed by atoms with van der Waals surface area (Å²) >= 11 is 0. The Hall–Kier alpha value is -3.67. The second kappa shape index (κ2) is 8.60. The summed E-state index contributed by atoms with van der Waals surface area (Å²) < 4.78 is 2.15. The van der Waals surface area contributed by atoms with Crippen molar-refractivity contribution in [2.75, 3.05) is 25.5 Å². The van der Waals surface area contributed by atoms with E-state index in [0.717, 1.165) is 42.0 Å². The Bertz CT molecular complexity index is 1280. The van der Waals surface area contributed by atoms with Crippen molar-refractivity contribution >= 4 is 34.4 Å². The maximum absolute atomic E-state index is 13.1. The molecule has 2 aliphatic rings. The van der Waals surface area contributed by atoms with Crippen LogP contribution in [-0.2, 0) is 10.2 Å². The first-order valence-electron chi connectivity index (χ1n) is 11.6. The van der Waals surface area contributed by atoms with Gasteiger partial charge in [0.2, 0.25) is 11.5 Å². The number of aromatic carboxylic acids is 1. The number of aliphatic hydroxyl groups is 1. The van der Waals surface area contributed by atoms with Crippen LogP contribution in [0.1, 0.15) is 55.1 Å². The highest BCUT2D eigenvalue weighted by Gasteiger charge is 2.46. The summed E-state index contributed by atoms with van der Waals surface area (Å²) in [6, 6.07) is 12.7. The van der Waals surface area contributed by atoms with Gasteiger partial charge in [-0.1, -0.05) is 25.5 Å². The van der Waals surface area contributed by atoms with E-state index in [2.05, 4.69) is 11.5 Å². The molecule has 0 aromatic heterocycles. The Morgan fingerprint density at radius 3 is 2.35 bits per heavy atom. The molecule has 0 amide bonds. The second-order valence-electron chi connectivity index (χ2n) is 9.60. The van der Waals surface area contributed by atoms with Crippen LogP contribution < -0.4 is 4.90 Å². The standard InChI is InChI=1S/C28H30N2O4/c1-6-7-14-30-22-13-10-18(27(33)34)15-21(22)28(2,3)23(30)16-20-25(31)24(26(20)32)17-8-11-19(12-9-17)29(4)5/h8-13,15-16H,6-7,14H2,1-5H3,(H-,31,32,33,34)/p+1. The molecule has 2 aromatic carbocycles. The molecule has 1 aliphatic carbocycles. The van der Waals surface area contributed by atoms with Crippen molar-refractivity contribution < 1.29 is 24.4 Å². The fourth-order valence-corrected chi connectivity index (χ4v) is 4.71. The summed E-state index contributed by atoms with van der Waals surface area (Å²) in [5.41, 5.74) is 4.79. The quantitative estimate of drug-likeness (QED) is 0.444. The number of fused-ring (bicyclic) bond motifs is 1. The number of benzene rings is 2. The minimum Gasteiger partial charge on any atom is -0.506 e. The Balaban J connectivity index is 1.78. The molecular weight excluding hydrogens is 428 g/mol. The van der Waals surface area contributed by atoms with Crippen molar-refractivity contribution in [3.05, 3.63) is 76.6 Å². The number of rotatable bonds is 7. The zero-order valence-electron chi connectivity index (χ0n) is 20.3. The lowest BCUT2D eigenvalue weighted by molar-refractivity contribution is -0.438. The predicted molar refractivity (Wildman–Crippen MR) is 135 cm³/mol. The van der Waals surface area contributed by atoms with E-state index in [1.165, 1.54) is 0 Å². The van der Waals surface area contributed by atoms with Gasteiger partial charge in [0.05, 0.1) is 22.1 Å².